The monoisotopic (exact) mass is 308 g/mol. The molecule has 1 N–H and O–H groups in total. The molecule has 0 aromatic rings. The van der Waals surface area contributed by atoms with Crippen LogP contribution in [0.15, 0.2) is 11.6 Å². The lowest BCUT2D eigenvalue weighted by Gasteiger charge is -2.38. The number of piperazine rings is 1. The van der Waals surface area contributed by atoms with E-state index in [1.54, 1.807) is 0 Å². The predicted octanol–water partition coefficient (Wildman–Crippen LogP) is 2.00. The largest absolute Gasteiger partial charge is 0.396 e. The normalized spacial score (nSPS) is 30.5. The summed E-state index contributed by atoms with van der Waals surface area (Å²) in [6.45, 7) is 10.5. The van der Waals surface area contributed by atoms with Crippen LogP contribution in [-0.2, 0) is 4.79 Å². The van der Waals surface area contributed by atoms with Gasteiger partial charge in [0.25, 0.3) is 0 Å². The van der Waals surface area contributed by atoms with Gasteiger partial charge in [-0.2, -0.15) is 0 Å². The highest BCUT2D eigenvalue weighted by molar-refractivity contribution is 5.77. The van der Waals surface area contributed by atoms with E-state index in [-0.39, 0.29) is 12.5 Å². The zero-order valence-corrected chi connectivity index (χ0v) is 14.6. The van der Waals surface area contributed by atoms with E-state index >= 15 is 0 Å². The molecular weight excluding hydrogens is 276 g/mol. The van der Waals surface area contributed by atoms with E-state index in [1.165, 1.54) is 5.57 Å². The van der Waals surface area contributed by atoms with E-state index in [1.807, 2.05) is 4.90 Å². The van der Waals surface area contributed by atoms with Crippen molar-refractivity contribution >= 4 is 5.91 Å². The van der Waals surface area contributed by atoms with Crippen molar-refractivity contribution in [1.29, 1.82) is 0 Å². The maximum atomic E-state index is 12.6. The van der Waals surface area contributed by atoms with E-state index < -0.39 is 0 Å². The Morgan fingerprint density at radius 3 is 2.50 bits per heavy atom. The Kier molecular flexibility index (Phi) is 6.04. The molecule has 0 aromatic heterocycles. The number of likely N-dealkylation sites (N-methyl/N-ethyl adjacent to an activating group) is 1. The van der Waals surface area contributed by atoms with E-state index in [0.29, 0.717) is 30.1 Å². The molecule has 1 aliphatic carbocycles. The van der Waals surface area contributed by atoms with Gasteiger partial charge in [0.15, 0.2) is 0 Å². The van der Waals surface area contributed by atoms with Crippen LogP contribution < -0.4 is 0 Å². The van der Waals surface area contributed by atoms with Crippen LogP contribution in [0.5, 0.6) is 0 Å². The van der Waals surface area contributed by atoms with Crippen molar-refractivity contribution in [2.45, 2.75) is 33.6 Å². The molecule has 0 saturated carbocycles. The Balaban J connectivity index is 1.98. The first-order chi connectivity index (χ1) is 10.4. The SMILES string of the molecule is CC1=CC(CO)C(C(C)C)CC1CC(=O)N1CCN(C)CC1. The summed E-state index contributed by atoms with van der Waals surface area (Å²) >= 11 is 0. The number of nitrogens with zero attached hydrogens (tertiary/aromatic N) is 2. The lowest BCUT2D eigenvalue weighted by atomic mass is 9.70. The molecule has 3 unspecified atom stereocenters. The fraction of sp³-hybridized carbons (Fsp3) is 0.833. The zero-order valence-electron chi connectivity index (χ0n) is 14.6. The Hall–Kier alpha value is -0.870. The molecule has 1 saturated heterocycles. The molecule has 4 heteroatoms. The topological polar surface area (TPSA) is 43.8 Å². The number of hydrogen-bond acceptors (Lipinski definition) is 3. The Morgan fingerprint density at radius 2 is 1.95 bits per heavy atom. The van der Waals surface area contributed by atoms with Crippen LogP contribution in [0.2, 0.25) is 0 Å². The van der Waals surface area contributed by atoms with Gasteiger partial charge in [0.1, 0.15) is 0 Å². The molecule has 126 valence electrons. The summed E-state index contributed by atoms with van der Waals surface area (Å²) in [6, 6.07) is 0. The number of amides is 1. The average Bonchev–Trinajstić information content (AvgIpc) is 2.49. The maximum absolute atomic E-state index is 12.6. The quantitative estimate of drug-likeness (QED) is 0.808. The first kappa shape index (κ1) is 17.5. The minimum Gasteiger partial charge on any atom is -0.396 e. The second-order valence-corrected chi connectivity index (χ2v) is 7.49. The molecule has 1 amide bonds. The average molecular weight is 308 g/mol. The van der Waals surface area contributed by atoms with Crippen LogP contribution in [0.1, 0.15) is 33.6 Å². The highest BCUT2D eigenvalue weighted by Gasteiger charge is 2.33. The molecule has 3 atom stereocenters. The summed E-state index contributed by atoms with van der Waals surface area (Å²) in [5, 5.41) is 9.60. The predicted molar refractivity (Wildman–Crippen MR) is 89.5 cm³/mol. The maximum Gasteiger partial charge on any atom is 0.223 e. The minimum atomic E-state index is 0.222. The van der Waals surface area contributed by atoms with Gasteiger partial charge in [0.05, 0.1) is 0 Å². The van der Waals surface area contributed by atoms with Crippen molar-refractivity contribution < 1.29 is 9.90 Å². The summed E-state index contributed by atoms with van der Waals surface area (Å²) < 4.78 is 0. The second-order valence-electron chi connectivity index (χ2n) is 7.49. The summed E-state index contributed by atoms with van der Waals surface area (Å²) in [6.07, 6.45) is 3.88. The highest BCUT2D eigenvalue weighted by Crippen LogP contribution is 2.38. The number of carbonyl (C=O) groups is 1. The molecule has 0 aromatic carbocycles. The van der Waals surface area contributed by atoms with E-state index in [4.69, 9.17) is 0 Å². The summed E-state index contributed by atoms with van der Waals surface area (Å²) in [4.78, 5) is 16.9. The van der Waals surface area contributed by atoms with Gasteiger partial charge >= 0.3 is 0 Å². The van der Waals surface area contributed by atoms with Gasteiger partial charge < -0.3 is 14.9 Å². The molecule has 2 aliphatic rings. The van der Waals surface area contributed by atoms with Crippen LogP contribution in [0.4, 0.5) is 0 Å². The zero-order chi connectivity index (χ0) is 16.3. The van der Waals surface area contributed by atoms with Crippen molar-refractivity contribution in [1.82, 2.24) is 9.80 Å². The molecule has 0 radical (unpaired) electrons. The lowest BCUT2D eigenvalue weighted by Crippen LogP contribution is -2.47. The molecule has 0 bridgehead atoms. The highest BCUT2D eigenvalue weighted by atomic mass is 16.3. The van der Waals surface area contributed by atoms with E-state index in [2.05, 4.69) is 38.8 Å². The fourth-order valence-corrected chi connectivity index (χ4v) is 3.88. The van der Waals surface area contributed by atoms with Gasteiger partial charge in [-0.15, -0.1) is 0 Å². The van der Waals surface area contributed by atoms with Gasteiger partial charge in [-0.25, -0.2) is 0 Å². The third kappa shape index (κ3) is 4.11. The van der Waals surface area contributed by atoms with Crippen molar-refractivity contribution in [3.8, 4) is 0 Å². The number of hydrogen-bond donors (Lipinski definition) is 1. The molecule has 0 spiro atoms. The van der Waals surface area contributed by atoms with E-state index in [9.17, 15) is 9.90 Å². The molecule has 1 aliphatic heterocycles. The standard InChI is InChI=1S/C18H32N2O2/c1-13(2)17-10-15(14(3)9-16(17)12-21)11-18(22)20-7-5-19(4)6-8-20/h9,13,15-17,21H,5-8,10-12H2,1-4H3. The minimum absolute atomic E-state index is 0.222. The molecular formula is C18H32N2O2. The van der Waals surface area contributed by atoms with Crippen LogP contribution in [-0.4, -0.2) is 60.6 Å². The molecule has 4 nitrogen and oxygen atoms in total. The number of aliphatic hydroxyl groups is 1. The first-order valence-electron chi connectivity index (χ1n) is 8.67. The smallest absolute Gasteiger partial charge is 0.223 e. The van der Waals surface area contributed by atoms with Crippen molar-refractivity contribution in [3.05, 3.63) is 11.6 Å². The second kappa shape index (κ2) is 7.60. The third-order valence-electron chi connectivity index (χ3n) is 5.57. The van der Waals surface area contributed by atoms with Gasteiger partial charge in [-0.05, 0) is 38.1 Å². The Labute approximate surface area is 135 Å². The molecule has 1 fully saturated rings. The molecule has 22 heavy (non-hydrogen) atoms. The van der Waals surface area contributed by atoms with Crippen LogP contribution in [0.25, 0.3) is 0 Å². The van der Waals surface area contributed by atoms with Crippen LogP contribution in [0.3, 0.4) is 0 Å². The Bertz CT molecular complexity index is 411. The first-order valence-corrected chi connectivity index (χ1v) is 8.67. The summed E-state index contributed by atoms with van der Waals surface area (Å²) in [5.41, 5.74) is 1.29. The van der Waals surface area contributed by atoms with Crippen molar-refractivity contribution in [3.63, 3.8) is 0 Å². The third-order valence-corrected chi connectivity index (χ3v) is 5.57. The van der Waals surface area contributed by atoms with Crippen LogP contribution >= 0.6 is 0 Å². The van der Waals surface area contributed by atoms with Crippen molar-refractivity contribution in [2.24, 2.45) is 23.7 Å². The molecule has 1 heterocycles. The van der Waals surface area contributed by atoms with E-state index in [0.717, 1.165) is 32.6 Å². The lowest BCUT2D eigenvalue weighted by molar-refractivity contribution is -0.133. The van der Waals surface area contributed by atoms with Gasteiger partial charge in [0.2, 0.25) is 5.91 Å². The van der Waals surface area contributed by atoms with Gasteiger partial charge in [0, 0.05) is 45.1 Å². The fourth-order valence-electron chi connectivity index (χ4n) is 3.88. The van der Waals surface area contributed by atoms with Gasteiger partial charge in [-0.3, -0.25) is 4.79 Å². The number of allylic oxidation sites excluding steroid dienone is 1. The number of rotatable bonds is 4. The molecule has 2 rings (SSSR count). The number of aliphatic hydroxyl groups excluding tert-OH is 1. The van der Waals surface area contributed by atoms with Crippen molar-refractivity contribution in [2.75, 3.05) is 39.8 Å². The summed E-state index contributed by atoms with van der Waals surface area (Å²) in [5.74, 6) is 1.94. The number of carbonyl (C=O) groups excluding carboxylic acids is 1. The summed E-state index contributed by atoms with van der Waals surface area (Å²) in [7, 11) is 2.11. The Morgan fingerprint density at radius 1 is 1.32 bits per heavy atom. The van der Waals surface area contributed by atoms with Crippen LogP contribution in [0, 0.1) is 23.7 Å². The van der Waals surface area contributed by atoms with Gasteiger partial charge in [-0.1, -0.05) is 25.5 Å².